The number of nitrogens with two attached hydrogens (primary N) is 1. The quantitative estimate of drug-likeness (QED) is 0.771. The minimum absolute atomic E-state index is 0.580. The molecule has 0 heterocycles. The zero-order valence-corrected chi connectivity index (χ0v) is 9.61. The van der Waals surface area contributed by atoms with Gasteiger partial charge in [0, 0.05) is 13.1 Å². The number of rotatable bonds is 2. The molecule has 0 aliphatic heterocycles. The van der Waals surface area contributed by atoms with Crippen molar-refractivity contribution in [3.63, 3.8) is 0 Å². The minimum atomic E-state index is 0.580. The van der Waals surface area contributed by atoms with E-state index in [0.717, 1.165) is 11.4 Å². The van der Waals surface area contributed by atoms with E-state index in [2.05, 4.69) is 18.0 Å². The van der Waals surface area contributed by atoms with Crippen molar-refractivity contribution < 1.29 is 0 Å². The Morgan fingerprint density at radius 2 is 2.06 bits per heavy atom. The third-order valence-electron chi connectivity index (χ3n) is 3.41. The van der Waals surface area contributed by atoms with Gasteiger partial charge in [-0.1, -0.05) is 12.8 Å². The Kier molecular flexibility index (Phi) is 3.00. The molecule has 0 aromatic heterocycles. The molecular formula is C13H17N3. The molecule has 1 saturated carbocycles. The SMILES string of the molecule is CN(c1cc(C#N)ccc1N)C1CCCC1. The fourth-order valence-electron chi connectivity index (χ4n) is 2.41. The second-order valence-corrected chi connectivity index (χ2v) is 4.43. The van der Waals surface area contributed by atoms with E-state index in [4.69, 9.17) is 11.0 Å². The molecule has 1 aliphatic carbocycles. The Morgan fingerprint density at radius 1 is 1.38 bits per heavy atom. The van der Waals surface area contributed by atoms with Crippen LogP contribution in [0.15, 0.2) is 18.2 Å². The fourth-order valence-corrected chi connectivity index (χ4v) is 2.41. The van der Waals surface area contributed by atoms with Crippen molar-refractivity contribution in [2.24, 2.45) is 0 Å². The molecule has 3 heteroatoms. The van der Waals surface area contributed by atoms with Crippen LogP contribution in [-0.2, 0) is 0 Å². The van der Waals surface area contributed by atoms with Crippen molar-refractivity contribution in [3.05, 3.63) is 23.8 Å². The third-order valence-corrected chi connectivity index (χ3v) is 3.41. The summed E-state index contributed by atoms with van der Waals surface area (Å²) in [6, 6.07) is 8.20. The van der Waals surface area contributed by atoms with Crippen LogP contribution in [0.5, 0.6) is 0 Å². The van der Waals surface area contributed by atoms with E-state index in [1.165, 1.54) is 25.7 Å². The van der Waals surface area contributed by atoms with Crippen molar-refractivity contribution in [1.29, 1.82) is 5.26 Å². The molecule has 0 atom stereocenters. The monoisotopic (exact) mass is 215 g/mol. The lowest BCUT2D eigenvalue weighted by Gasteiger charge is -2.27. The van der Waals surface area contributed by atoms with Gasteiger partial charge in [-0.25, -0.2) is 0 Å². The summed E-state index contributed by atoms with van der Waals surface area (Å²) >= 11 is 0. The zero-order chi connectivity index (χ0) is 11.5. The van der Waals surface area contributed by atoms with E-state index >= 15 is 0 Å². The molecule has 0 spiro atoms. The van der Waals surface area contributed by atoms with E-state index in [0.29, 0.717) is 11.6 Å². The van der Waals surface area contributed by atoms with Gasteiger partial charge in [-0.2, -0.15) is 5.26 Å². The highest BCUT2D eigenvalue weighted by Crippen LogP contribution is 2.30. The standard InChI is InChI=1S/C13H17N3/c1-16(11-4-2-3-5-11)13-8-10(9-14)6-7-12(13)15/h6-8,11H,2-5,15H2,1H3. The maximum absolute atomic E-state index is 8.89. The smallest absolute Gasteiger partial charge is 0.0992 e. The minimum Gasteiger partial charge on any atom is -0.397 e. The van der Waals surface area contributed by atoms with E-state index in [-0.39, 0.29) is 0 Å². The van der Waals surface area contributed by atoms with E-state index in [1.54, 1.807) is 6.07 Å². The Balaban J connectivity index is 2.27. The molecule has 84 valence electrons. The summed E-state index contributed by atoms with van der Waals surface area (Å²) in [5.41, 5.74) is 8.39. The van der Waals surface area contributed by atoms with Crippen molar-refractivity contribution >= 4 is 11.4 Å². The van der Waals surface area contributed by atoms with E-state index < -0.39 is 0 Å². The average molecular weight is 215 g/mol. The number of benzene rings is 1. The lowest BCUT2D eigenvalue weighted by atomic mass is 10.1. The topological polar surface area (TPSA) is 53.0 Å². The Morgan fingerprint density at radius 3 is 2.69 bits per heavy atom. The summed E-state index contributed by atoms with van der Waals surface area (Å²) in [6.07, 6.45) is 5.05. The van der Waals surface area contributed by atoms with E-state index in [9.17, 15) is 0 Å². The molecular weight excluding hydrogens is 198 g/mol. The van der Waals surface area contributed by atoms with Crippen molar-refractivity contribution in [3.8, 4) is 6.07 Å². The van der Waals surface area contributed by atoms with Gasteiger partial charge in [0.05, 0.1) is 23.0 Å². The maximum Gasteiger partial charge on any atom is 0.0992 e. The summed E-state index contributed by atoms with van der Waals surface area (Å²) in [5, 5.41) is 8.89. The lowest BCUT2D eigenvalue weighted by Crippen LogP contribution is -2.29. The normalized spacial score (nSPS) is 16.0. The predicted molar refractivity (Wildman–Crippen MR) is 66.2 cm³/mol. The molecule has 0 amide bonds. The van der Waals surface area contributed by atoms with Crippen LogP contribution in [0.3, 0.4) is 0 Å². The second-order valence-electron chi connectivity index (χ2n) is 4.43. The van der Waals surface area contributed by atoms with Crippen LogP contribution in [0.25, 0.3) is 0 Å². The average Bonchev–Trinajstić information content (AvgIpc) is 2.82. The van der Waals surface area contributed by atoms with Gasteiger partial charge >= 0.3 is 0 Å². The van der Waals surface area contributed by atoms with Crippen LogP contribution >= 0.6 is 0 Å². The molecule has 0 bridgehead atoms. The summed E-state index contributed by atoms with van der Waals surface area (Å²) in [4.78, 5) is 2.23. The second kappa shape index (κ2) is 4.44. The number of nitrogen functional groups attached to an aromatic ring is 1. The fraction of sp³-hybridized carbons (Fsp3) is 0.462. The lowest BCUT2D eigenvalue weighted by molar-refractivity contribution is 0.654. The van der Waals surface area contributed by atoms with Crippen molar-refractivity contribution in [2.75, 3.05) is 17.7 Å². The number of hydrogen-bond acceptors (Lipinski definition) is 3. The predicted octanol–water partition coefficient (Wildman–Crippen LogP) is 2.52. The van der Waals surface area contributed by atoms with Crippen LogP contribution in [0.1, 0.15) is 31.2 Å². The largest absolute Gasteiger partial charge is 0.397 e. The van der Waals surface area contributed by atoms with Gasteiger partial charge in [0.15, 0.2) is 0 Å². The Labute approximate surface area is 96.5 Å². The summed E-state index contributed by atoms with van der Waals surface area (Å²) in [7, 11) is 2.07. The Hall–Kier alpha value is -1.69. The number of hydrogen-bond donors (Lipinski definition) is 1. The van der Waals surface area contributed by atoms with Gasteiger partial charge in [-0.05, 0) is 31.0 Å². The molecule has 1 aliphatic rings. The highest BCUT2D eigenvalue weighted by Gasteiger charge is 2.21. The van der Waals surface area contributed by atoms with E-state index in [1.807, 2.05) is 12.1 Å². The molecule has 0 unspecified atom stereocenters. The van der Waals surface area contributed by atoms with Crippen molar-refractivity contribution in [1.82, 2.24) is 0 Å². The first-order chi connectivity index (χ1) is 7.72. The number of anilines is 2. The number of nitriles is 1. The summed E-state index contributed by atoms with van der Waals surface area (Å²) in [5.74, 6) is 0. The van der Waals surface area contributed by atoms with Crippen LogP contribution in [0.2, 0.25) is 0 Å². The zero-order valence-electron chi connectivity index (χ0n) is 9.61. The molecule has 0 saturated heterocycles. The van der Waals surface area contributed by atoms with Gasteiger partial charge < -0.3 is 10.6 Å². The van der Waals surface area contributed by atoms with Crippen molar-refractivity contribution in [2.45, 2.75) is 31.7 Å². The highest BCUT2D eigenvalue weighted by molar-refractivity contribution is 5.69. The van der Waals surface area contributed by atoms with Gasteiger partial charge in [-0.15, -0.1) is 0 Å². The third kappa shape index (κ3) is 1.96. The molecule has 2 N–H and O–H groups in total. The van der Waals surface area contributed by atoms with Gasteiger partial charge in [0.1, 0.15) is 0 Å². The number of nitrogens with zero attached hydrogens (tertiary/aromatic N) is 2. The van der Waals surface area contributed by atoms with Crippen LogP contribution in [-0.4, -0.2) is 13.1 Å². The van der Waals surface area contributed by atoms with Gasteiger partial charge in [-0.3, -0.25) is 0 Å². The summed E-state index contributed by atoms with van der Waals surface area (Å²) in [6.45, 7) is 0. The van der Waals surface area contributed by atoms with Crippen LogP contribution < -0.4 is 10.6 Å². The van der Waals surface area contributed by atoms with Gasteiger partial charge in [0.2, 0.25) is 0 Å². The van der Waals surface area contributed by atoms with Crippen LogP contribution in [0, 0.1) is 11.3 Å². The molecule has 1 aromatic rings. The summed E-state index contributed by atoms with van der Waals surface area (Å²) < 4.78 is 0. The first-order valence-corrected chi connectivity index (χ1v) is 5.75. The molecule has 1 aromatic carbocycles. The maximum atomic E-state index is 8.89. The van der Waals surface area contributed by atoms with Gasteiger partial charge in [0.25, 0.3) is 0 Å². The Bertz CT molecular complexity index is 414. The molecule has 16 heavy (non-hydrogen) atoms. The van der Waals surface area contributed by atoms with Crippen LogP contribution in [0.4, 0.5) is 11.4 Å². The molecule has 3 nitrogen and oxygen atoms in total. The first kappa shape index (κ1) is 10.8. The molecule has 2 rings (SSSR count). The molecule has 0 radical (unpaired) electrons. The molecule has 1 fully saturated rings. The highest BCUT2D eigenvalue weighted by atomic mass is 15.1. The first-order valence-electron chi connectivity index (χ1n) is 5.75.